The Hall–Kier alpha value is -2.97. The summed E-state index contributed by atoms with van der Waals surface area (Å²) in [6.07, 6.45) is 1.48. The quantitative estimate of drug-likeness (QED) is 0.515. The lowest BCUT2D eigenvalue weighted by atomic mass is 10.1. The first kappa shape index (κ1) is 18.4. The lowest BCUT2D eigenvalue weighted by Crippen LogP contribution is -2.16. The van der Waals surface area contributed by atoms with Gasteiger partial charge in [0.2, 0.25) is 0 Å². The zero-order valence-electron chi connectivity index (χ0n) is 15.0. The Morgan fingerprint density at radius 3 is 2.86 bits per heavy atom. The molecule has 0 aliphatic carbocycles. The number of aromatic nitrogens is 3. The van der Waals surface area contributed by atoms with Crippen LogP contribution in [0.2, 0.25) is 5.02 Å². The van der Waals surface area contributed by atoms with Gasteiger partial charge in [0.15, 0.2) is 0 Å². The summed E-state index contributed by atoms with van der Waals surface area (Å²) in [5, 5.41) is 1.19. The predicted octanol–water partition coefficient (Wildman–Crippen LogP) is 3.51. The van der Waals surface area contributed by atoms with Crippen molar-refractivity contribution in [3.63, 3.8) is 0 Å². The number of nitrogens with zero attached hydrogens (tertiary/aromatic N) is 3. The fourth-order valence-electron chi connectivity index (χ4n) is 3.03. The molecule has 9 heteroatoms. The number of halogens is 1. The van der Waals surface area contributed by atoms with Crippen LogP contribution in [0.25, 0.3) is 15.9 Å². The van der Waals surface area contributed by atoms with E-state index in [1.807, 2.05) is 19.9 Å². The molecule has 4 heterocycles. The number of esters is 1. The zero-order chi connectivity index (χ0) is 20.0. The maximum atomic E-state index is 12.5. The molecular weight excluding hydrogens is 400 g/mol. The van der Waals surface area contributed by atoms with Crippen molar-refractivity contribution in [2.45, 2.75) is 20.5 Å². The van der Waals surface area contributed by atoms with Crippen LogP contribution >= 0.6 is 22.9 Å². The smallest absolute Gasteiger partial charge is 0.350 e. The molecule has 0 unspecified atom stereocenters. The number of anilines is 1. The van der Waals surface area contributed by atoms with Crippen LogP contribution in [-0.2, 0) is 11.3 Å². The summed E-state index contributed by atoms with van der Waals surface area (Å²) in [6.45, 7) is 3.66. The van der Waals surface area contributed by atoms with Crippen LogP contribution in [0.15, 0.2) is 35.3 Å². The van der Waals surface area contributed by atoms with Crippen molar-refractivity contribution >= 4 is 50.5 Å². The third-order valence-corrected chi connectivity index (χ3v) is 5.54. The van der Waals surface area contributed by atoms with Gasteiger partial charge in [-0.25, -0.2) is 14.8 Å². The summed E-state index contributed by atoms with van der Waals surface area (Å²) < 4.78 is 6.68. The molecule has 4 aromatic heterocycles. The Labute approximate surface area is 168 Å². The van der Waals surface area contributed by atoms with E-state index in [4.69, 9.17) is 22.1 Å². The molecule has 0 bridgehead atoms. The fraction of sp³-hybridized carbons (Fsp3) is 0.158. The number of aryl methyl sites for hydroxylation is 2. The first-order valence-corrected chi connectivity index (χ1v) is 9.54. The molecule has 7 nitrogen and oxygen atoms in total. The van der Waals surface area contributed by atoms with Gasteiger partial charge < -0.3 is 10.5 Å². The van der Waals surface area contributed by atoms with Gasteiger partial charge in [-0.3, -0.25) is 9.20 Å². The van der Waals surface area contributed by atoms with Gasteiger partial charge in [0.1, 0.15) is 22.0 Å². The van der Waals surface area contributed by atoms with Crippen LogP contribution < -0.4 is 11.3 Å². The minimum absolute atomic E-state index is 0.147. The third kappa shape index (κ3) is 3.21. The van der Waals surface area contributed by atoms with Gasteiger partial charge in [0, 0.05) is 23.3 Å². The Morgan fingerprint density at radius 1 is 1.29 bits per heavy atom. The molecule has 0 aliphatic rings. The monoisotopic (exact) mass is 414 g/mol. The van der Waals surface area contributed by atoms with E-state index in [1.54, 1.807) is 12.1 Å². The first-order valence-electron chi connectivity index (χ1n) is 8.34. The second kappa shape index (κ2) is 6.88. The summed E-state index contributed by atoms with van der Waals surface area (Å²) in [7, 11) is 0. The maximum Gasteiger partial charge on any atom is 0.350 e. The summed E-state index contributed by atoms with van der Waals surface area (Å²) in [5.41, 5.74) is 8.77. The van der Waals surface area contributed by atoms with Crippen LogP contribution in [0.4, 0.5) is 5.69 Å². The lowest BCUT2D eigenvalue weighted by molar-refractivity contribution is 0.0475. The van der Waals surface area contributed by atoms with Crippen LogP contribution in [0.3, 0.4) is 0 Å². The molecule has 4 rings (SSSR count). The summed E-state index contributed by atoms with van der Waals surface area (Å²) in [5.74, 6) is -0.573. The predicted molar refractivity (Wildman–Crippen MR) is 109 cm³/mol. The Balaban J connectivity index is 1.61. The van der Waals surface area contributed by atoms with E-state index in [0.29, 0.717) is 31.8 Å². The summed E-state index contributed by atoms with van der Waals surface area (Å²) >= 11 is 7.09. The molecule has 0 spiro atoms. The number of rotatable bonds is 3. The van der Waals surface area contributed by atoms with Crippen LogP contribution in [0.1, 0.15) is 26.6 Å². The van der Waals surface area contributed by atoms with Crippen molar-refractivity contribution in [2.75, 3.05) is 5.73 Å². The van der Waals surface area contributed by atoms with Gasteiger partial charge in [0.05, 0.1) is 16.4 Å². The summed E-state index contributed by atoms with van der Waals surface area (Å²) in [4.78, 5) is 34.5. The van der Waals surface area contributed by atoms with Gasteiger partial charge in [0.25, 0.3) is 5.56 Å². The van der Waals surface area contributed by atoms with Gasteiger partial charge in [-0.15, -0.1) is 11.3 Å². The Bertz CT molecular complexity index is 1310. The molecule has 0 amide bonds. The SMILES string of the molecule is Cc1cc(C)c2c(N)c(C(=O)OCc3cc(=O)n4cc(Cl)ccc4n3)sc2n1. The van der Waals surface area contributed by atoms with Gasteiger partial charge in [-0.1, -0.05) is 11.6 Å². The molecule has 0 atom stereocenters. The first-order chi connectivity index (χ1) is 13.3. The van der Waals surface area contributed by atoms with E-state index in [0.717, 1.165) is 16.6 Å². The van der Waals surface area contributed by atoms with Gasteiger partial charge in [-0.05, 0) is 37.6 Å². The highest BCUT2D eigenvalue weighted by atomic mass is 35.5. The van der Waals surface area contributed by atoms with E-state index >= 15 is 0 Å². The number of pyridine rings is 2. The van der Waals surface area contributed by atoms with Gasteiger partial charge >= 0.3 is 5.97 Å². The van der Waals surface area contributed by atoms with Crippen LogP contribution in [0, 0.1) is 13.8 Å². The van der Waals surface area contributed by atoms with Crippen molar-refractivity contribution in [3.05, 3.63) is 67.7 Å². The molecule has 2 N–H and O–H groups in total. The molecule has 0 aromatic carbocycles. The number of thiophene rings is 1. The van der Waals surface area contributed by atoms with E-state index in [1.165, 1.54) is 28.0 Å². The number of carbonyl (C=O) groups excluding carboxylic acids is 1. The van der Waals surface area contributed by atoms with E-state index in [9.17, 15) is 9.59 Å². The average Bonchev–Trinajstić information content (AvgIpc) is 2.97. The number of hydrogen-bond acceptors (Lipinski definition) is 7. The van der Waals surface area contributed by atoms with E-state index in [2.05, 4.69) is 9.97 Å². The van der Waals surface area contributed by atoms with Crippen molar-refractivity contribution < 1.29 is 9.53 Å². The van der Waals surface area contributed by atoms with E-state index in [-0.39, 0.29) is 12.2 Å². The van der Waals surface area contributed by atoms with Crippen molar-refractivity contribution in [1.29, 1.82) is 0 Å². The number of fused-ring (bicyclic) bond motifs is 2. The summed E-state index contributed by atoms with van der Waals surface area (Å²) in [6, 6.07) is 6.48. The molecule has 0 saturated carbocycles. The molecule has 4 aromatic rings. The second-order valence-corrected chi connectivity index (χ2v) is 7.78. The highest BCUT2D eigenvalue weighted by Gasteiger charge is 2.20. The molecule has 0 radical (unpaired) electrons. The van der Waals surface area contributed by atoms with Crippen molar-refractivity contribution in [1.82, 2.24) is 14.4 Å². The van der Waals surface area contributed by atoms with E-state index < -0.39 is 5.97 Å². The molecule has 28 heavy (non-hydrogen) atoms. The van der Waals surface area contributed by atoms with Crippen LogP contribution in [-0.4, -0.2) is 20.3 Å². The molecule has 0 aliphatic heterocycles. The number of hydrogen-bond donors (Lipinski definition) is 1. The lowest BCUT2D eigenvalue weighted by Gasteiger charge is -2.06. The van der Waals surface area contributed by atoms with Crippen molar-refractivity contribution in [3.8, 4) is 0 Å². The third-order valence-electron chi connectivity index (χ3n) is 4.24. The highest BCUT2D eigenvalue weighted by molar-refractivity contribution is 7.21. The fourth-order valence-corrected chi connectivity index (χ4v) is 4.30. The Kier molecular flexibility index (Phi) is 4.52. The largest absolute Gasteiger partial charge is 0.455 e. The number of carbonyl (C=O) groups is 1. The topological polar surface area (TPSA) is 99.6 Å². The number of nitrogens with two attached hydrogens (primary N) is 1. The highest BCUT2D eigenvalue weighted by Crippen LogP contribution is 2.35. The van der Waals surface area contributed by atoms with Crippen LogP contribution in [0.5, 0.6) is 0 Å². The number of ether oxygens (including phenoxy) is 1. The molecular formula is C19H15ClN4O3S. The molecule has 0 saturated heterocycles. The zero-order valence-corrected chi connectivity index (χ0v) is 16.6. The average molecular weight is 415 g/mol. The van der Waals surface area contributed by atoms with Gasteiger partial charge in [-0.2, -0.15) is 0 Å². The minimum atomic E-state index is -0.573. The Morgan fingerprint density at radius 2 is 2.07 bits per heavy atom. The van der Waals surface area contributed by atoms with Crippen molar-refractivity contribution in [2.24, 2.45) is 0 Å². The second-order valence-electron chi connectivity index (χ2n) is 6.34. The molecule has 0 fully saturated rings. The minimum Gasteiger partial charge on any atom is -0.455 e. The maximum absolute atomic E-state index is 12.5. The molecule has 142 valence electrons. The normalized spacial score (nSPS) is 11.2. The standard InChI is InChI=1S/C19H15ClN4O3S/c1-9-5-10(2)22-18-15(9)16(21)17(28-18)19(26)27-8-12-6-14(25)24-7-11(20)3-4-13(24)23-12/h3-7H,8,21H2,1-2H3. The number of nitrogen functional groups attached to an aromatic ring is 1.